The molecule has 10 heteroatoms. The molecule has 1 aromatic rings. The first-order valence-corrected chi connectivity index (χ1v) is 8.60. The lowest BCUT2D eigenvalue weighted by Crippen LogP contribution is -2.49. The average molecular weight is 388 g/mol. The van der Waals surface area contributed by atoms with Crippen molar-refractivity contribution in [1.29, 1.82) is 0 Å². The van der Waals surface area contributed by atoms with Crippen molar-refractivity contribution in [2.24, 2.45) is 0 Å². The van der Waals surface area contributed by atoms with E-state index in [-0.39, 0.29) is 43.0 Å². The quantitative estimate of drug-likeness (QED) is 0.746. The lowest BCUT2D eigenvalue weighted by molar-refractivity contribution is -0.144. The molecule has 3 unspecified atom stereocenters. The van der Waals surface area contributed by atoms with Gasteiger partial charge in [-0.05, 0) is 13.8 Å². The number of anilines is 1. The van der Waals surface area contributed by atoms with E-state index in [9.17, 15) is 9.59 Å². The van der Waals surface area contributed by atoms with Crippen molar-refractivity contribution >= 4 is 29.9 Å². The molecular formula is C16H26ClN5O4. The normalized spacial score (nSPS) is 26.1. The van der Waals surface area contributed by atoms with Crippen LogP contribution in [0.2, 0.25) is 0 Å². The van der Waals surface area contributed by atoms with Gasteiger partial charge in [-0.2, -0.15) is 5.10 Å². The maximum absolute atomic E-state index is 12.4. The lowest BCUT2D eigenvalue weighted by atomic mass is 10.2. The lowest BCUT2D eigenvalue weighted by Gasteiger charge is -2.35. The first-order chi connectivity index (χ1) is 12.0. The van der Waals surface area contributed by atoms with Crippen molar-refractivity contribution < 1.29 is 19.1 Å². The molecule has 0 aromatic carbocycles. The molecule has 0 radical (unpaired) electrons. The van der Waals surface area contributed by atoms with Gasteiger partial charge in [-0.1, -0.05) is 0 Å². The molecule has 0 bridgehead atoms. The fourth-order valence-electron chi connectivity index (χ4n) is 3.09. The number of rotatable bonds is 4. The van der Waals surface area contributed by atoms with Crippen molar-refractivity contribution in [3.63, 3.8) is 0 Å². The summed E-state index contributed by atoms with van der Waals surface area (Å²) >= 11 is 0. The molecular weight excluding hydrogens is 362 g/mol. The minimum absolute atomic E-state index is 0. The molecule has 3 atom stereocenters. The van der Waals surface area contributed by atoms with E-state index in [2.05, 4.69) is 15.7 Å². The third-order valence-electron chi connectivity index (χ3n) is 4.19. The third kappa shape index (κ3) is 5.41. The molecule has 3 rings (SSSR count). The predicted octanol–water partition coefficient (Wildman–Crippen LogP) is -0.132. The minimum Gasteiger partial charge on any atom is -0.372 e. The van der Waals surface area contributed by atoms with E-state index in [0.29, 0.717) is 31.9 Å². The van der Waals surface area contributed by atoms with Gasteiger partial charge in [0, 0.05) is 32.4 Å². The number of hydrogen-bond donors (Lipinski definition) is 2. The molecule has 146 valence electrons. The second-order valence-electron chi connectivity index (χ2n) is 6.54. The SMILES string of the molecule is CC1CN(C(=O)Cn2cc(NC(=O)C3CNCCO3)cn2)CC(C)O1.Cl. The van der Waals surface area contributed by atoms with Crippen molar-refractivity contribution in [3.05, 3.63) is 12.4 Å². The summed E-state index contributed by atoms with van der Waals surface area (Å²) in [4.78, 5) is 26.3. The molecule has 9 nitrogen and oxygen atoms in total. The summed E-state index contributed by atoms with van der Waals surface area (Å²) in [6.45, 7) is 6.98. The van der Waals surface area contributed by atoms with Gasteiger partial charge in [0.05, 0.1) is 30.7 Å². The standard InChI is InChI=1S/C16H25N5O4.ClH/c1-11-7-20(8-12(2)25-11)15(22)10-21-9-13(5-18-21)19-16(23)14-6-17-3-4-24-14;/h5,9,11-12,14,17H,3-4,6-8,10H2,1-2H3,(H,19,23);1H. The molecule has 1 aromatic heterocycles. The van der Waals surface area contributed by atoms with Crippen LogP contribution >= 0.6 is 12.4 Å². The fraction of sp³-hybridized carbons (Fsp3) is 0.688. The van der Waals surface area contributed by atoms with Gasteiger partial charge >= 0.3 is 0 Å². The number of carbonyl (C=O) groups is 2. The molecule has 0 aliphatic carbocycles. The van der Waals surface area contributed by atoms with Crippen molar-refractivity contribution in [1.82, 2.24) is 20.0 Å². The van der Waals surface area contributed by atoms with Gasteiger partial charge in [0.2, 0.25) is 5.91 Å². The number of nitrogens with one attached hydrogen (secondary N) is 2. The Morgan fingerprint density at radius 1 is 1.35 bits per heavy atom. The van der Waals surface area contributed by atoms with E-state index >= 15 is 0 Å². The molecule has 2 amide bonds. The van der Waals surface area contributed by atoms with Crippen LogP contribution in [0.5, 0.6) is 0 Å². The van der Waals surface area contributed by atoms with E-state index in [0.717, 1.165) is 6.54 Å². The number of ether oxygens (including phenoxy) is 2. The summed E-state index contributed by atoms with van der Waals surface area (Å²) in [7, 11) is 0. The zero-order valence-corrected chi connectivity index (χ0v) is 15.8. The Morgan fingerprint density at radius 3 is 2.73 bits per heavy atom. The molecule has 3 heterocycles. The highest BCUT2D eigenvalue weighted by Crippen LogP contribution is 2.12. The number of hydrogen-bond acceptors (Lipinski definition) is 6. The third-order valence-corrected chi connectivity index (χ3v) is 4.19. The summed E-state index contributed by atoms with van der Waals surface area (Å²) in [6.07, 6.45) is 2.74. The summed E-state index contributed by atoms with van der Waals surface area (Å²) in [5, 5.41) is 10.0. The molecule has 2 fully saturated rings. The highest BCUT2D eigenvalue weighted by Gasteiger charge is 2.26. The van der Waals surface area contributed by atoms with E-state index < -0.39 is 6.10 Å². The van der Waals surface area contributed by atoms with Gasteiger partial charge in [0.25, 0.3) is 5.91 Å². The molecule has 2 aliphatic rings. The van der Waals surface area contributed by atoms with Crippen LogP contribution in [0.15, 0.2) is 12.4 Å². The maximum atomic E-state index is 12.4. The average Bonchev–Trinajstić information content (AvgIpc) is 3.01. The summed E-state index contributed by atoms with van der Waals surface area (Å²) < 4.78 is 12.6. The van der Waals surface area contributed by atoms with Crippen LogP contribution in [-0.4, -0.2) is 77.6 Å². The van der Waals surface area contributed by atoms with Crippen molar-refractivity contribution in [2.45, 2.75) is 38.7 Å². The van der Waals surface area contributed by atoms with Crippen LogP contribution in [0.4, 0.5) is 5.69 Å². The van der Waals surface area contributed by atoms with Crippen LogP contribution in [-0.2, 0) is 25.6 Å². The van der Waals surface area contributed by atoms with E-state index in [4.69, 9.17) is 9.47 Å². The van der Waals surface area contributed by atoms with Gasteiger partial charge in [-0.15, -0.1) is 12.4 Å². The van der Waals surface area contributed by atoms with Crippen LogP contribution in [0.25, 0.3) is 0 Å². The van der Waals surface area contributed by atoms with Crippen molar-refractivity contribution in [3.8, 4) is 0 Å². The highest BCUT2D eigenvalue weighted by atomic mass is 35.5. The van der Waals surface area contributed by atoms with Gasteiger partial charge in [-0.3, -0.25) is 14.3 Å². The Labute approximate surface area is 158 Å². The first-order valence-electron chi connectivity index (χ1n) is 8.60. The molecule has 26 heavy (non-hydrogen) atoms. The van der Waals surface area contributed by atoms with E-state index in [1.165, 1.54) is 10.9 Å². The minimum atomic E-state index is -0.505. The zero-order chi connectivity index (χ0) is 17.8. The first kappa shape index (κ1) is 20.6. The van der Waals surface area contributed by atoms with Crippen LogP contribution in [0.3, 0.4) is 0 Å². The Balaban J connectivity index is 0.00000243. The number of halogens is 1. The second-order valence-corrected chi connectivity index (χ2v) is 6.54. The fourth-order valence-corrected chi connectivity index (χ4v) is 3.09. The molecule has 0 spiro atoms. The summed E-state index contributed by atoms with van der Waals surface area (Å²) in [5.41, 5.74) is 0.552. The maximum Gasteiger partial charge on any atom is 0.254 e. The smallest absolute Gasteiger partial charge is 0.254 e. The van der Waals surface area contributed by atoms with Crippen LogP contribution < -0.4 is 10.6 Å². The molecule has 2 N–H and O–H groups in total. The predicted molar refractivity (Wildman–Crippen MR) is 97.3 cm³/mol. The molecule has 2 saturated heterocycles. The molecule has 0 saturated carbocycles. The van der Waals surface area contributed by atoms with Crippen LogP contribution in [0.1, 0.15) is 13.8 Å². The van der Waals surface area contributed by atoms with Gasteiger partial charge in [0.15, 0.2) is 0 Å². The zero-order valence-electron chi connectivity index (χ0n) is 15.0. The number of nitrogens with zero attached hydrogens (tertiary/aromatic N) is 3. The van der Waals surface area contributed by atoms with Gasteiger partial charge < -0.3 is 25.0 Å². The van der Waals surface area contributed by atoms with Gasteiger partial charge in [-0.25, -0.2) is 0 Å². The topological polar surface area (TPSA) is 97.7 Å². The van der Waals surface area contributed by atoms with Crippen LogP contribution in [0, 0.1) is 0 Å². The largest absolute Gasteiger partial charge is 0.372 e. The number of morpholine rings is 2. The number of carbonyl (C=O) groups excluding carboxylic acids is 2. The Kier molecular flexibility index (Phi) is 7.39. The monoisotopic (exact) mass is 387 g/mol. The van der Waals surface area contributed by atoms with Crippen molar-refractivity contribution in [2.75, 3.05) is 38.1 Å². The second kappa shape index (κ2) is 9.31. The molecule has 2 aliphatic heterocycles. The summed E-state index contributed by atoms with van der Waals surface area (Å²) in [6, 6.07) is 0. The Morgan fingerprint density at radius 2 is 2.08 bits per heavy atom. The van der Waals surface area contributed by atoms with E-state index in [1.54, 1.807) is 11.1 Å². The van der Waals surface area contributed by atoms with E-state index in [1.807, 2.05) is 13.8 Å². The Bertz CT molecular complexity index is 610. The summed E-state index contributed by atoms with van der Waals surface area (Å²) in [5.74, 6) is -0.225. The number of amides is 2. The highest BCUT2D eigenvalue weighted by molar-refractivity contribution is 5.94. The van der Waals surface area contributed by atoms with Gasteiger partial charge in [0.1, 0.15) is 12.6 Å². The Hall–Kier alpha value is -1.68. The number of aromatic nitrogens is 2.